The molecule has 0 spiro atoms. The van der Waals surface area contributed by atoms with Gasteiger partial charge in [0, 0.05) is 55.7 Å². The second-order valence-corrected chi connectivity index (χ2v) is 5.76. The van der Waals surface area contributed by atoms with Crippen LogP contribution >= 0.6 is 0 Å². The maximum absolute atomic E-state index is 11.1. The average molecular weight is 336 g/mol. The molecule has 1 aliphatic heterocycles. The lowest BCUT2D eigenvalue weighted by atomic mass is 10.2. The molecule has 4 heterocycles. The molecule has 0 radical (unpaired) electrons. The van der Waals surface area contributed by atoms with Gasteiger partial charge in [-0.1, -0.05) is 0 Å². The van der Waals surface area contributed by atoms with Crippen LogP contribution in [0.4, 0.5) is 10.6 Å². The second kappa shape index (κ2) is 6.31. The number of carboxylic acid groups (broad SMARTS) is 1. The lowest BCUT2D eigenvalue weighted by molar-refractivity contribution is 0.142. The van der Waals surface area contributed by atoms with Gasteiger partial charge in [0.1, 0.15) is 5.82 Å². The summed E-state index contributed by atoms with van der Waals surface area (Å²) in [6.45, 7) is 2.10. The van der Waals surface area contributed by atoms with Crippen LogP contribution in [-0.2, 0) is 0 Å². The van der Waals surface area contributed by atoms with Crippen LogP contribution in [0.15, 0.2) is 43.0 Å². The third-order valence-electron chi connectivity index (χ3n) is 4.27. The Morgan fingerprint density at radius 1 is 0.960 bits per heavy atom. The normalized spacial score (nSPS) is 14.7. The molecule has 1 amide bonds. The summed E-state index contributed by atoms with van der Waals surface area (Å²) in [6, 6.07) is 5.62. The van der Waals surface area contributed by atoms with E-state index in [1.165, 1.54) is 4.90 Å². The van der Waals surface area contributed by atoms with E-state index in [2.05, 4.69) is 19.9 Å². The van der Waals surface area contributed by atoms with Crippen molar-refractivity contribution in [3.63, 3.8) is 0 Å². The highest BCUT2D eigenvalue weighted by Crippen LogP contribution is 2.27. The van der Waals surface area contributed by atoms with Crippen molar-refractivity contribution in [2.24, 2.45) is 0 Å². The van der Waals surface area contributed by atoms with E-state index in [9.17, 15) is 4.79 Å². The highest BCUT2D eigenvalue weighted by Gasteiger charge is 2.23. The molecular weight excluding hydrogens is 320 g/mol. The van der Waals surface area contributed by atoms with E-state index in [0.717, 1.165) is 22.3 Å². The second-order valence-electron chi connectivity index (χ2n) is 5.76. The summed E-state index contributed by atoms with van der Waals surface area (Å²) in [5.41, 5.74) is 1.64. The third-order valence-corrected chi connectivity index (χ3v) is 4.27. The number of fused-ring (bicyclic) bond motifs is 1. The first-order valence-corrected chi connectivity index (χ1v) is 7.97. The maximum Gasteiger partial charge on any atom is 0.407 e. The van der Waals surface area contributed by atoms with Crippen LogP contribution < -0.4 is 4.90 Å². The number of pyridine rings is 2. The van der Waals surface area contributed by atoms with Crippen molar-refractivity contribution >= 4 is 22.8 Å². The van der Waals surface area contributed by atoms with Gasteiger partial charge in [0.2, 0.25) is 0 Å². The fourth-order valence-corrected chi connectivity index (χ4v) is 2.94. The summed E-state index contributed by atoms with van der Waals surface area (Å²) >= 11 is 0. The molecule has 0 saturated carbocycles. The number of amides is 1. The summed E-state index contributed by atoms with van der Waals surface area (Å²) in [5.74, 6) is 1.42. The van der Waals surface area contributed by atoms with Crippen molar-refractivity contribution in [3.8, 4) is 11.4 Å². The lowest BCUT2D eigenvalue weighted by Gasteiger charge is -2.34. The molecular formula is C17H16N6O2. The zero-order valence-corrected chi connectivity index (χ0v) is 13.4. The fourth-order valence-electron chi connectivity index (χ4n) is 2.94. The Balaban J connectivity index is 1.76. The van der Waals surface area contributed by atoms with E-state index in [1.54, 1.807) is 24.8 Å². The number of piperazine rings is 1. The van der Waals surface area contributed by atoms with Crippen LogP contribution in [0.25, 0.3) is 22.3 Å². The zero-order chi connectivity index (χ0) is 17.2. The molecule has 1 saturated heterocycles. The van der Waals surface area contributed by atoms with Gasteiger partial charge < -0.3 is 14.9 Å². The molecule has 3 aromatic heterocycles. The summed E-state index contributed by atoms with van der Waals surface area (Å²) in [5, 5.41) is 10.0. The van der Waals surface area contributed by atoms with Gasteiger partial charge in [-0.2, -0.15) is 0 Å². The standard InChI is InChI=1S/C17H16N6O2/c24-17(25)23-9-7-22(8-10-23)16-13-3-6-19-11-14(13)20-15(21-16)12-1-4-18-5-2-12/h1-6,11H,7-10H2,(H,24,25). The quantitative estimate of drug-likeness (QED) is 0.763. The minimum atomic E-state index is -0.881. The van der Waals surface area contributed by atoms with Gasteiger partial charge in [-0.05, 0) is 18.2 Å². The van der Waals surface area contributed by atoms with Crippen LogP contribution in [0.5, 0.6) is 0 Å². The Morgan fingerprint density at radius 2 is 1.68 bits per heavy atom. The Bertz CT molecular complexity index is 909. The summed E-state index contributed by atoms with van der Waals surface area (Å²) in [7, 11) is 0. The van der Waals surface area contributed by atoms with Crippen LogP contribution in [-0.4, -0.2) is 62.2 Å². The first kappa shape index (κ1) is 15.3. The number of carbonyl (C=O) groups is 1. The van der Waals surface area contributed by atoms with Crippen LogP contribution in [0.3, 0.4) is 0 Å². The molecule has 1 aliphatic rings. The molecule has 0 unspecified atom stereocenters. The van der Waals surface area contributed by atoms with Gasteiger partial charge in [-0.15, -0.1) is 0 Å². The van der Waals surface area contributed by atoms with Gasteiger partial charge in [0.05, 0.1) is 11.7 Å². The first-order chi connectivity index (χ1) is 12.2. The predicted octanol–water partition coefficient (Wildman–Crippen LogP) is 1.89. The average Bonchev–Trinajstić information content (AvgIpc) is 2.68. The number of hydrogen-bond acceptors (Lipinski definition) is 6. The van der Waals surface area contributed by atoms with E-state index in [1.807, 2.05) is 18.2 Å². The summed E-state index contributed by atoms with van der Waals surface area (Å²) in [4.78, 5) is 32.2. The number of hydrogen-bond donors (Lipinski definition) is 1. The molecule has 0 aliphatic carbocycles. The van der Waals surface area contributed by atoms with Crippen molar-refractivity contribution < 1.29 is 9.90 Å². The maximum atomic E-state index is 11.1. The number of rotatable bonds is 2. The van der Waals surface area contributed by atoms with E-state index >= 15 is 0 Å². The number of aromatic nitrogens is 4. The third kappa shape index (κ3) is 2.93. The number of anilines is 1. The van der Waals surface area contributed by atoms with Gasteiger partial charge >= 0.3 is 6.09 Å². The molecule has 25 heavy (non-hydrogen) atoms. The van der Waals surface area contributed by atoms with E-state index < -0.39 is 6.09 Å². The molecule has 0 aromatic carbocycles. The predicted molar refractivity (Wildman–Crippen MR) is 92.4 cm³/mol. The molecule has 4 rings (SSSR count). The van der Waals surface area contributed by atoms with Crippen molar-refractivity contribution in [2.45, 2.75) is 0 Å². The van der Waals surface area contributed by atoms with Crippen LogP contribution in [0.1, 0.15) is 0 Å². The summed E-state index contributed by atoms with van der Waals surface area (Å²) in [6.07, 6.45) is 5.97. The van der Waals surface area contributed by atoms with E-state index in [0.29, 0.717) is 32.0 Å². The van der Waals surface area contributed by atoms with Crippen molar-refractivity contribution in [1.82, 2.24) is 24.8 Å². The smallest absolute Gasteiger partial charge is 0.407 e. The Labute approximate surface area is 143 Å². The summed E-state index contributed by atoms with van der Waals surface area (Å²) < 4.78 is 0. The molecule has 3 aromatic rings. The highest BCUT2D eigenvalue weighted by atomic mass is 16.4. The number of nitrogens with zero attached hydrogens (tertiary/aromatic N) is 6. The van der Waals surface area contributed by atoms with Gasteiger partial charge in [-0.3, -0.25) is 9.97 Å². The van der Waals surface area contributed by atoms with E-state index in [4.69, 9.17) is 10.1 Å². The zero-order valence-electron chi connectivity index (χ0n) is 13.4. The lowest BCUT2D eigenvalue weighted by Crippen LogP contribution is -2.48. The van der Waals surface area contributed by atoms with Gasteiger partial charge in [-0.25, -0.2) is 14.8 Å². The monoisotopic (exact) mass is 336 g/mol. The molecule has 8 heteroatoms. The molecule has 8 nitrogen and oxygen atoms in total. The van der Waals surface area contributed by atoms with Crippen LogP contribution in [0.2, 0.25) is 0 Å². The molecule has 0 bridgehead atoms. The first-order valence-electron chi connectivity index (χ1n) is 7.97. The molecule has 0 atom stereocenters. The van der Waals surface area contributed by atoms with Gasteiger partial charge in [0.25, 0.3) is 0 Å². The van der Waals surface area contributed by atoms with Crippen molar-refractivity contribution in [1.29, 1.82) is 0 Å². The van der Waals surface area contributed by atoms with Crippen molar-refractivity contribution in [2.75, 3.05) is 31.1 Å². The molecule has 1 fully saturated rings. The van der Waals surface area contributed by atoms with Crippen LogP contribution in [0, 0.1) is 0 Å². The highest BCUT2D eigenvalue weighted by molar-refractivity contribution is 5.90. The fraction of sp³-hybridized carbons (Fsp3) is 0.235. The topological polar surface area (TPSA) is 95.3 Å². The Kier molecular flexibility index (Phi) is 3.85. The Morgan fingerprint density at radius 3 is 2.40 bits per heavy atom. The largest absolute Gasteiger partial charge is 0.465 e. The minimum absolute atomic E-state index is 0.455. The van der Waals surface area contributed by atoms with Crippen molar-refractivity contribution in [3.05, 3.63) is 43.0 Å². The van der Waals surface area contributed by atoms with Gasteiger partial charge in [0.15, 0.2) is 5.82 Å². The Hall–Kier alpha value is -3.29. The molecule has 126 valence electrons. The molecule has 1 N–H and O–H groups in total. The minimum Gasteiger partial charge on any atom is -0.465 e. The SMILES string of the molecule is O=C(O)N1CCN(c2nc(-c3ccncc3)nc3cnccc23)CC1. The van der Waals surface area contributed by atoms with E-state index in [-0.39, 0.29) is 0 Å².